The van der Waals surface area contributed by atoms with Crippen molar-refractivity contribution in [1.29, 1.82) is 0 Å². The molecule has 1 unspecified atom stereocenters. The van der Waals surface area contributed by atoms with Crippen LogP contribution in [-0.4, -0.2) is 39.4 Å². The maximum absolute atomic E-state index is 12.4. The quantitative estimate of drug-likeness (QED) is 0.133. The Morgan fingerprint density at radius 3 is 2.68 bits per heavy atom. The molecular weight excluding hydrogens is 566 g/mol. The van der Waals surface area contributed by atoms with E-state index in [1.54, 1.807) is 20.2 Å². The Labute approximate surface area is 212 Å². The summed E-state index contributed by atoms with van der Waals surface area (Å²) in [6, 6.07) is 7.47. The summed E-state index contributed by atoms with van der Waals surface area (Å²) in [4.78, 5) is 21.9. The molecule has 1 atom stereocenters. The first-order valence-electron chi connectivity index (χ1n) is 10.7. The Morgan fingerprint density at radius 1 is 1.32 bits per heavy atom. The number of para-hydroxylation sites is 1. The summed E-state index contributed by atoms with van der Waals surface area (Å²) in [6.45, 7) is 3.79. The van der Waals surface area contributed by atoms with Crippen molar-refractivity contribution in [2.75, 3.05) is 24.8 Å². The van der Waals surface area contributed by atoms with Crippen LogP contribution in [0.4, 0.5) is 17.2 Å². The molecule has 0 bridgehead atoms. The largest absolute Gasteiger partial charge is 0.494 e. The Bertz CT molecular complexity index is 1290. The summed E-state index contributed by atoms with van der Waals surface area (Å²) in [5.41, 5.74) is 11.2. The van der Waals surface area contributed by atoms with Gasteiger partial charge in [0.15, 0.2) is 11.4 Å². The molecule has 1 saturated carbocycles. The molecule has 0 saturated heterocycles. The first-order valence-corrected chi connectivity index (χ1v) is 14.8. The second kappa shape index (κ2) is 9.93. The smallest absolute Gasteiger partial charge is 0.228 e. The third-order valence-electron chi connectivity index (χ3n) is 5.76. The van der Waals surface area contributed by atoms with Crippen LogP contribution in [0.15, 0.2) is 30.0 Å². The molecule has 1 aliphatic carbocycles. The van der Waals surface area contributed by atoms with Gasteiger partial charge in [-0.3, -0.25) is 9.13 Å². The third-order valence-corrected chi connectivity index (χ3v) is 7.92. The SMILES string of the molecule is COc1c(Nc2cc(NC(=O)C3CC3)nc3c2nc(C)n3PI)cccc1/C(N)=C(\C)N(C)N. The molecule has 2 aromatic heterocycles. The molecule has 2 heterocycles. The van der Waals surface area contributed by atoms with Crippen molar-refractivity contribution in [2.45, 2.75) is 26.7 Å². The number of nitrogens with one attached hydrogen (secondary N) is 2. The van der Waals surface area contributed by atoms with Crippen molar-refractivity contribution >= 4 is 68.4 Å². The van der Waals surface area contributed by atoms with E-state index >= 15 is 0 Å². The fourth-order valence-corrected chi connectivity index (χ4v) is 5.73. The molecular formula is C22H28IN8O2P. The summed E-state index contributed by atoms with van der Waals surface area (Å²) < 4.78 is 7.78. The lowest BCUT2D eigenvalue weighted by Crippen LogP contribution is -2.26. The van der Waals surface area contributed by atoms with E-state index in [-0.39, 0.29) is 11.8 Å². The van der Waals surface area contributed by atoms with Crippen LogP contribution in [0.1, 0.15) is 31.2 Å². The molecule has 12 heteroatoms. The lowest BCUT2D eigenvalue weighted by molar-refractivity contribution is -0.117. The van der Waals surface area contributed by atoms with Gasteiger partial charge in [0.1, 0.15) is 17.2 Å². The first kappa shape index (κ1) is 24.5. The van der Waals surface area contributed by atoms with Gasteiger partial charge in [0, 0.05) is 30.3 Å². The molecule has 3 aromatic rings. The number of anilines is 3. The van der Waals surface area contributed by atoms with Crippen molar-refractivity contribution < 1.29 is 9.53 Å². The Kier molecular flexibility index (Phi) is 7.15. The standard InChI is InChI=1S/C22H28IN8O2P/c1-11(30(3)25)18(24)14-6-5-7-15(20(14)33-4)27-16-10-17(29-22(32)13-8-9-13)28-21-19(16)26-12(2)31(21)34-23/h5-7,10,13,34H,8-9,24-25H2,1-4H3,(H2,27,28,29,32)/b18-11-. The number of nitrogens with zero attached hydrogens (tertiary/aromatic N) is 4. The number of ether oxygens (including phenoxy) is 1. The molecule has 6 N–H and O–H groups in total. The molecule has 0 aliphatic heterocycles. The van der Waals surface area contributed by atoms with Crippen molar-refractivity contribution in [2.24, 2.45) is 17.5 Å². The topological polar surface area (TPSA) is 136 Å². The van der Waals surface area contributed by atoms with E-state index < -0.39 is 0 Å². The number of pyridine rings is 1. The van der Waals surface area contributed by atoms with Gasteiger partial charge < -0.3 is 26.1 Å². The number of rotatable bonds is 8. The minimum Gasteiger partial charge on any atom is -0.494 e. The second-order valence-electron chi connectivity index (χ2n) is 8.19. The van der Waals surface area contributed by atoms with E-state index in [0.29, 0.717) is 57.4 Å². The average Bonchev–Trinajstić information content (AvgIpc) is 3.61. The minimum absolute atomic E-state index is 0.00335. The molecule has 1 aliphatic rings. The summed E-state index contributed by atoms with van der Waals surface area (Å²) >= 11 is 2.30. The highest BCUT2D eigenvalue weighted by Gasteiger charge is 2.30. The van der Waals surface area contributed by atoms with Crippen molar-refractivity contribution in [3.63, 3.8) is 0 Å². The lowest BCUT2D eigenvalue weighted by Gasteiger charge is -2.20. The number of allylic oxidation sites excluding steroid dienone is 1. The summed E-state index contributed by atoms with van der Waals surface area (Å²) in [7, 11) is 3.33. The van der Waals surface area contributed by atoms with Gasteiger partial charge in [-0.05, 0) is 60.9 Å². The highest BCUT2D eigenvalue weighted by molar-refractivity contribution is 14.2. The Hall–Kier alpha value is -2.63. The zero-order chi connectivity index (χ0) is 24.6. The number of carbonyl (C=O) groups is 1. The van der Waals surface area contributed by atoms with E-state index in [1.807, 2.05) is 36.4 Å². The van der Waals surface area contributed by atoms with Crippen LogP contribution in [0, 0.1) is 12.8 Å². The Morgan fingerprint density at radius 2 is 2.06 bits per heavy atom. The van der Waals surface area contributed by atoms with Gasteiger partial charge in [-0.15, -0.1) is 0 Å². The maximum Gasteiger partial charge on any atom is 0.228 e. The Balaban J connectivity index is 1.82. The number of fused-ring (bicyclic) bond motifs is 1. The zero-order valence-corrected chi connectivity index (χ0v) is 22.6. The third kappa shape index (κ3) is 4.77. The lowest BCUT2D eigenvalue weighted by atomic mass is 10.1. The molecule has 4 rings (SSSR count). The number of aryl methyl sites for hydroxylation is 1. The fourth-order valence-electron chi connectivity index (χ4n) is 3.59. The summed E-state index contributed by atoms with van der Waals surface area (Å²) in [5, 5.41) is 7.87. The monoisotopic (exact) mass is 594 g/mol. The molecule has 0 spiro atoms. The van der Waals surface area contributed by atoms with E-state index in [4.69, 9.17) is 26.3 Å². The highest BCUT2D eigenvalue weighted by atomic mass is 127. The number of amides is 1. The number of aromatic nitrogens is 3. The molecule has 1 aromatic carbocycles. The van der Waals surface area contributed by atoms with Gasteiger partial charge >= 0.3 is 0 Å². The van der Waals surface area contributed by atoms with Crippen molar-refractivity contribution in [3.05, 3.63) is 41.4 Å². The van der Waals surface area contributed by atoms with E-state index in [0.717, 1.165) is 18.7 Å². The molecule has 0 radical (unpaired) electrons. The van der Waals surface area contributed by atoms with Crippen LogP contribution in [0.25, 0.3) is 16.9 Å². The van der Waals surface area contributed by atoms with Crippen molar-refractivity contribution in [1.82, 2.24) is 19.3 Å². The predicted molar refractivity (Wildman–Crippen MR) is 146 cm³/mol. The van der Waals surface area contributed by atoms with Gasteiger partial charge in [-0.2, -0.15) is 0 Å². The number of halogens is 1. The number of carbonyl (C=O) groups excluding carboxylic acids is 1. The highest BCUT2D eigenvalue weighted by Crippen LogP contribution is 2.39. The minimum atomic E-state index is -0.00335. The van der Waals surface area contributed by atoms with Crippen molar-refractivity contribution in [3.8, 4) is 5.75 Å². The van der Waals surface area contributed by atoms with Crippen LogP contribution < -0.4 is 26.9 Å². The zero-order valence-electron chi connectivity index (χ0n) is 19.4. The second-order valence-corrected chi connectivity index (χ2v) is 10.3. The van der Waals surface area contributed by atoms with Gasteiger partial charge in [-0.1, -0.05) is 6.07 Å². The van der Waals surface area contributed by atoms with Gasteiger partial charge in [0.25, 0.3) is 0 Å². The maximum atomic E-state index is 12.4. The van der Waals surface area contributed by atoms with Gasteiger partial charge in [0.2, 0.25) is 5.91 Å². The van der Waals surface area contributed by atoms with Gasteiger partial charge in [-0.25, -0.2) is 15.8 Å². The molecule has 1 amide bonds. The van der Waals surface area contributed by atoms with E-state index in [2.05, 4.69) is 32.7 Å². The average molecular weight is 594 g/mol. The van der Waals surface area contributed by atoms with Crippen LogP contribution in [-0.2, 0) is 4.79 Å². The molecule has 1 fully saturated rings. The number of hydrogen-bond donors (Lipinski definition) is 4. The van der Waals surface area contributed by atoms with E-state index in [1.165, 1.54) is 5.01 Å². The fraction of sp³-hybridized carbons (Fsp3) is 0.318. The van der Waals surface area contributed by atoms with Crippen LogP contribution in [0.5, 0.6) is 5.75 Å². The number of imidazole rings is 1. The van der Waals surface area contributed by atoms with Crippen LogP contribution in [0.3, 0.4) is 0 Å². The predicted octanol–water partition coefficient (Wildman–Crippen LogP) is 4.08. The van der Waals surface area contributed by atoms with Crippen LogP contribution >= 0.6 is 28.4 Å². The van der Waals surface area contributed by atoms with E-state index in [9.17, 15) is 4.79 Å². The summed E-state index contributed by atoms with van der Waals surface area (Å²) in [5.74, 6) is 7.86. The number of hydrazine groups is 1. The number of nitrogens with two attached hydrogens (primary N) is 2. The normalized spacial score (nSPS) is 14.4. The summed E-state index contributed by atoms with van der Waals surface area (Å²) in [6.07, 6.45) is 2.25. The molecule has 10 nitrogen and oxygen atoms in total. The molecule has 34 heavy (non-hydrogen) atoms. The van der Waals surface area contributed by atoms with Crippen LogP contribution in [0.2, 0.25) is 0 Å². The van der Waals surface area contributed by atoms with Gasteiger partial charge in [0.05, 0.1) is 30.6 Å². The first-order chi connectivity index (χ1) is 16.2. The number of hydrogen-bond acceptors (Lipinski definition) is 8. The number of benzene rings is 1. The number of methoxy groups -OCH3 is 1. The molecule has 180 valence electrons.